The Morgan fingerprint density at radius 3 is 2.67 bits per heavy atom. The lowest BCUT2D eigenvalue weighted by atomic mass is 9.92. The summed E-state index contributed by atoms with van der Waals surface area (Å²) in [5.41, 5.74) is 1.36. The average molecular weight is 245 g/mol. The second-order valence-electron chi connectivity index (χ2n) is 4.87. The van der Waals surface area contributed by atoms with Gasteiger partial charge < -0.3 is 10.1 Å². The van der Waals surface area contributed by atoms with Crippen LogP contribution in [0.4, 0.5) is 0 Å². The maximum absolute atomic E-state index is 5.75. The van der Waals surface area contributed by atoms with Gasteiger partial charge >= 0.3 is 0 Å². The Hall–Kier alpha value is -1.28. The van der Waals surface area contributed by atoms with E-state index in [2.05, 4.69) is 55.6 Å². The standard InChI is InChI=1S/C16H23NO/c1-3-11-17-16(15-10-7-12-18-15)13(2)14-8-5-4-6-9-14/h4-6,8-10,13,16-17H,3,7,11-12H2,1-2H3. The van der Waals surface area contributed by atoms with Gasteiger partial charge in [0.25, 0.3) is 0 Å². The van der Waals surface area contributed by atoms with Gasteiger partial charge in [-0.05, 0) is 24.6 Å². The summed E-state index contributed by atoms with van der Waals surface area (Å²) < 4.78 is 5.75. The molecule has 0 spiro atoms. The molecule has 0 bridgehead atoms. The molecule has 1 aromatic rings. The Labute approximate surface area is 110 Å². The molecule has 18 heavy (non-hydrogen) atoms. The molecule has 0 aliphatic carbocycles. The predicted molar refractivity (Wildman–Crippen MR) is 75.6 cm³/mol. The fourth-order valence-electron chi connectivity index (χ4n) is 2.43. The van der Waals surface area contributed by atoms with Crippen LogP contribution in [0.15, 0.2) is 42.2 Å². The first-order valence-electron chi connectivity index (χ1n) is 6.94. The summed E-state index contributed by atoms with van der Waals surface area (Å²) in [4.78, 5) is 0. The van der Waals surface area contributed by atoms with E-state index in [0.29, 0.717) is 12.0 Å². The Morgan fingerprint density at radius 1 is 1.28 bits per heavy atom. The van der Waals surface area contributed by atoms with Crippen molar-refractivity contribution in [3.63, 3.8) is 0 Å². The first-order chi connectivity index (χ1) is 8.83. The van der Waals surface area contributed by atoms with Crippen molar-refractivity contribution in [3.05, 3.63) is 47.7 Å². The maximum atomic E-state index is 5.75. The van der Waals surface area contributed by atoms with Gasteiger partial charge in [0.1, 0.15) is 5.76 Å². The van der Waals surface area contributed by atoms with Gasteiger partial charge in [-0.3, -0.25) is 0 Å². The fraction of sp³-hybridized carbons (Fsp3) is 0.500. The lowest BCUT2D eigenvalue weighted by Crippen LogP contribution is -2.36. The molecule has 1 aliphatic heterocycles. The van der Waals surface area contributed by atoms with Gasteiger partial charge in [0.15, 0.2) is 0 Å². The zero-order valence-corrected chi connectivity index (χ0v) is 11.4. The summed E-state index contributed by atoms with van der Waals surface area (Å²) in [5, 5.41) is 3.62. The van der Waals surface area contributed by atoms with Crippen LogP contribution in [0.3, 0.4) is 0 Å². The molecule has 2 heteroatoms. The molecule has 2 atom stereocenters. The minimum absolute atomic E-state index is 0.301. The van der Waals surface area contributed by atoms with Crippen LogP contribution >= 0.6 is 0 Å². The number of rotatable bonds is 6. The molecule has 2 nitrogen and oxygen atoms in total. The van der Waals surface area contributed by atoms with Gasteiger partial charge in [-0.15, -0.1) is 0 Å². The van der Waals surface area contributed by atoms with Gasteiger partial charge in [-0.25, -0.2) is 0 Å². The van der Waals surface area contributed by atoms with Gasteiger partial charge in [-0.1, -0.05) is 44.2 Å². The van der Waals surface area contributed by atoms with Gasteiger partial charge in [0.05, 0.1) is 12.6 Å². The summed E-state index contributed by atoms with van der Waals surface area (Å²) in [5.74, 6) is 1.56. The second kappa shape index (κ2) is 6.60. The van der Waals surface area contributed by atoms with E-state index in [0.717, 1.165) is 31.8 Å². The van der Waals surface area contributed by atoms with Crippen LogP contribution < -0.4 is 5.32 Å². The Morgan fingerprint density at radius 2 is 2.06 bits per heavy atom. The smallest absolute Gasteiger partial charge is 0.110 e. The van der Waals surface area contributed by atoms with Crippen LogP contribution in [0.25, 0.3) is 0 Å². The van der Waals surface area contributed by atoms with Crippen LogP contribution in [-0.2, 0) is 4.74 Å². The van der Waals surface area contributed by atoms with Crippen LogP contribution in [0.5, 0.6) is 0 Å². The Balaban J connectivity index is 2.12. The number of nitrogens with one attached hydrogen (secondary N) is 1. The topological polar surface area (TPSA) is 21.3 Å². The van der Waals surface area contributed by atoms with E-state index in [4.69, 9.17) is 4.74 Å². The second-order valence-corrected chi connectivity index (χ2v) is 4.87. The molecular formula is C16H23NO. The zero-order chi connectivity index (χ0) is 12.8. The lowest BCUT2D eigenvalue weighted by Gasteiger charge is -2.26. The highest BCUT2D eigenvalue weighted by atomic mass is 16.5. The molecule has 1 N–H and O–H groups in total. The molecule has 0 aromatic heterocycles. The molecule has 0 amide bonds. The molecule has 1 aliphatic rings. The quantitative estimate of drug-likeness (QED) is 0.828. The SMILES string of the molecule is CCCNC(C1=CCCO1)C(C)c1ccccc1. The highest BCUT2D eigenvalue weighted by Crippen LogP contribution is 2.26. The highest BCUT2D eigenvalue weighted by Gasteiger charge is 2.25. The van der Waals surface area contributed by atoms with Gasteiger partial charge in [0.2, 0.25) is 0 Å². The van der Waals surface area contributed by atoms with Crippen LogP contribution in [0.2, 0.25) is 0 Å². The lowest BCUT2D eigenvalue weighted by molar-refractivity contribution is 0.207. The van der Waals surface area contributed by atoms with Crippen LogP contribution in [0, 0.1) is 0 Å². The Kier molecular flexibility index (Phi) is 4.82. The van der Waals surface area contributed by atoms with Gasteiger partial charge in [-0.2, -0.15) is 0 Å². The summed E-state index contributed by atoms with van der Waals surface area (Å²) in [6, 6.07) is 11.0. The molecule has 0 saturated heterocycles. The van der Waals surface area contributed by atoms with Crippen molar-refractivity contribution in [1.82, 2.24) is 5.32 Å². The van der Waals surface area contributed by atoms with E-state index in [1.54, 1.807) is 0 Å². The monoisotopic (exact) mass is 245 g/mol. The molecular weight excluding hydrogens is 222 g/mol. The summed E-state index contributed by atoms with van der Waals surface area (Å²) in [6.45, 7) is 6.33. The van der Waals surface area contributed by atoms with Crippen molar-refractivity contribution in [1.29, 1.82) is 0 Å². The van der Waals surface area contributed by atoms with E-state index < -0.39 is 0 Å². The molecule has 1 aromatic carbocycles. The number of hydrogen-bond donors (Lipinski definition) is 1. The fourth-order valence-corrected chi connectivity index (χ4v) is 2.43. The third kappa shape index (κ3) is 3.14. The molecule has 2 rings (SSSR count). The number of ether oxygens (including phenoxy) is 1. The molecule has 0 radical (unpaired) electrons. The molecule has 0 saturated carbocycles. The van der Waals surface area contributed by atoms with Crippen LogP contribution in [-0.4, -0.2) is 19.2 Å². The normalized spacial score (nSPS) is 18.0. The van der Waals surface area contributed by atoms with Crippen molar-refractivity contribution >= 4 is 0 Å². The molecule has 1 heterocycles. The first kappa shape index (κ1) is 13.2. The minimum Gasteiger partial charge on any atom is -0.496 e. The zero-order valence-electron chi connectivity index (χ0n) is 11.4. The number of benzene rings is 1. The predicted octanol–water partition coefficient (Wildman–Crippen LogP) is 3.46. The summed E-state index contributed by atoms with van der Waals surface area (Å²) >= 11 is 0. The van der Waals surface area contributed by atoms with E-state index in [-0.39, 0.29) is 0 Å². The number of hydrogen-bond acceptors (Lipinski definition) is 2. The maximum Gasteiger partial charge on any atom is 0.110 e. The summed E-state index contributed by atoms with van der Waals surface area (Å²) in [6.07, 6.45) is 4.42. The van der Waals surface area contributed by atoms with Crippen molar-refractivity contribution in [2.45, 2.75) is 38.6 Å². The van der Waals surface area contributed by atoms with Crippen molar-refractivity contribution in [2.24, 2.45) is 0 Å². The van der Waals surface area contributed by atoms with E-state index in [1.807, 2.05) is 0 Å². The third-order valence-corrected chi connectivity index (χ3v) is 3.48. The largest absolute Gasteiger partial charge is 0.496 e. The van der Waals surface area contributed by atoms with E-state index >= 15 is 0 Å². The highest BCUT2D eigenvalue weighted by molar-refractivity contribution is 5.24. The molecule has 2 unspecified atom stereocenters. The first-order valence-corrected chi connectivity index (χ1v) is 6.94. The van der Waals surface area contributed by atoms with Crippen molar-refractivity contribution in [3.8, 4) is 0 Å². The van der Waals surface area contributed by atoms with Crippen LogP contribution in [0.1, 0.15) is 38.2 Å². The average Bonchev–Trinajstić information content (AvgIpc) is 2.94. The third-order valence-electron chi connectivity index (χ3n) is 3.48. The van der Waals surface area contributed by atoms with Gasteiger partial charge in [0, 0.05) is 12.3 Å². The van der Waals surface area contributed by atoms with Crippen molar-refractivity contribution in [2.75, 3.05) is 13.2 Å². The summed E-state index contributed by atoms with van der Waals surface area (Å²) in [7, 11) is 0. The molecule has 98 valence electrons. The Bertz CT molecular complexity index is 385. The minimum atomic E-state index is 0.301. The molecule has 0 fully saturated rings. The van der Waals surface area contributed by atoms with Crippen molar-refractivity contribution < 1.29 is 4.74 Å². The van der Waals surface area contributed by atoms with E-state index in [1.165, 1.54) is 5.56 Å². The van der Waals surface area contributed by atoms with E-state index in [9.17, 15) is 0 Å².